The van der Waals surface area contributed by atoms with E-state index in [4.69, 9.17) is 18.9 Å². The molecule has 12 nitrogen and oxygen atoms in total. The highest BCUT2D eigenvalue weighted by molar-refractivity contribution is 6.09. The molecule has 0 saturated heterocycles. The van der Waals surface area contributed by atoms with Gasteiger partial charge in [0, 0.05) is 18.2 Å². The number of nitrogens with one attached hydrogen (secondary N) is 1. The number of carbonyl (C=O) groups excluding carboxylic acids is 3. The number of pyridine rings is 1. The number of nitro groups is 1. The lowest BCUT2D eigenvalue weighted by molar-refractivity contribution is -0.384. The lowest BCUT2D eigenvalue weighted by atomic mass is 10.2. The van der Waals surface area contributed by atoms with Crippen molar-refractivity contribution in [2.24, 2.45) is 0 Å². The minimum Gasteiger partial charge on any atom is -0.465 e. The van der Waals surface area contributed by atoms with Crippen molar-refractivity contribution in [2.75, 3.05) is 19.0 Å². The average Bonchev–Trinajstić information content (AvgIpc) is 2.90. The van der Waals surface area contributed by atoms with Crippen molar-refractivity contribution < 1.29 is 38.3 Å². The smallest absolute Gasteiger partial charge is 0.345 e. The van der Waals surface area contributed by atoms with Gasteiger partial charge in [0.25, 0.3) is 11.6 Å². The summed E-state index contributed by atoms with van der Waals surface area (Å²) in [4.78, 5) is 52.1. The fourth-order valence-corrected chi connectivity index (χ4v) is 3.04. The molecular formula is C25H23N3O9. The number of rotatable bonds is 11. The number of non-ortho nitro benzene ring substituents is 1. The molecule has 0 spiro atoms. The van der Waals surface area contributed by atoms with Crippen molar-refractivity contribution in [1.82, 2.24) is 4.98 Å². The van der Waals surface area contributed by atoms with Crippen molar-refractivity contribution in [2.45, 2.75) is 19.6 Å². The van der Waals surface area contributed by atoms with Gasteiger partial charge in [-0.25, -0.2) is 14.6 Å². The number of benzene rings is 2. The molecule has 3 rings (SSSR count). The van der Waals surface area contributed by atoms with Crippen LogP contribution in [0.5, 0.6) is 11.5 Å². The molecule has 0 fully saturated rings. The van der Waals surface area contributed by atoms with Gasteiger partial charge in [-0.3, -0.25) is 14.9 Å². The minimum absolute atomic E-state index is 0.0254. The van der Waals surface area contributed by atoms with Gasteiger partial charge in [0.1, 0.15) is 22.9 Å². The van der Waals surface area contributed by atoms with E-state index in [0.29, 0.717) is 0 Å². The molecule has 0 aliphatic rings. The molecule has 0 bridgehead atoms. The number of nitrogens with zero attached hydrogens (tertiary/aromatic N) is 2. The van der Waals surface area contributed by atoms with Crippen molar-refractivity contribution >= 4 is 29.4 Å². The van der Waals surface area contributed by atoms with E-state index in [1.807, 2.05) is 6.07 Å². The van der Waals surface area contributed by atoms with E-state index in [1.54, 1.807) is 31.2 Å². The quantitative estimate of drug-likeness (QED) is 0.175. The first-order valence-corrected chi connectivity index (χ1v) is 11.0. The van der Waals surface area contributed by atoms with Gasteiger partial charge in [0.05, 0.1) is 31.4 Å². The van der Waals surface area contributed by atoms with E-state index >= 15 is 0 Å². The highest BCUT2D eigenvalue weighted by Gasteiger charge is 2.31. The maximum absolute atomic E-state index is 13.0. The molecule has 0 radical (unpaired) electrons. The molecule has 1 heterocycles. The summed E-state index contributed by atoms with van der Waals surface area (Å²) in [5.41, 5.74) is 0.441. The zero-order valence-electron chi connectivity index (χ0n) is 19.9. The number of ether oxygens (including phenoxy) is 4. The molecular weight excluding hydrogens is 486 g/mol. The second-order valence-electron chi connectivity index (χ2n) is 7.33. The van der Waals surface area contributed by atoms with Gasteiger partial charge in [-0.05, 0) is 24.6 Å². The summed E-state index contributed by atoms with van der Waals surface area (Å²) < 4.78 is 20.9. The number of carbonyl (C=O) groups is 3. The summed E-state index contributed by atoms with van der Waals surface area (Å²) in [6, 6.07) is 15.4. The van der Waals surface area contributed by atoms with Crippen LogP contribution in [0.3, 0.4) is 0 Å². The number of hydrogen-bond donors (Lipinski definition) is 1. The minimum atomic E-state index is -1.64. The molecule has 12 heteroatoms. The molecule has 1 amide bonds. The zero-order chi connectivity index (χ0) is 26.8. The van der Waals surface area contributed by atoms with E-state index in [-0.39, 0.29) is 41.8 Å². The second kappa shape index (κ2) is 12.7. The monoisotopic (exact) mass is 509 g/mol. The van der Waals surface area contributed by atoms with Crippen molar-refractivity contribution in [1.29, 1.82) is 0 Å². The maximum Gasteiger partial charge on any atom is 0.345 e. The molecule has 0 saturated carbocycles. The molecule has 1 N–H and O–H groups in total. The molecule has 37 heavy (non-hydrogen) atoms. The fraction of sp³-hybridized carbons (Fsp3) is 0.200. The zero-order valence-corrected chi connectivity index (χ0v) is 19.9. The van der Waals surface area contributed by atoms with Gasteiger partial charge in [0.15, 0.2) is 0 Å². The van der Waals surface area contributed by atoms with Crippen LogP contribution in [-0.4, -0.2) is 47.6 Å². The molecule has 1 unspecified atom stereocenters. The highest BCUT2D eigenvalue weighted by atomic mass is 16.6. The Morgan fingerprint density at radius 2 is 1.76 bits per heavy atom. The summed E-state index contributed by atoms with van der Waals surface area (Å²) in [5, 5.41) is 13.2. The molecule has 1 aromatic heterocycles. The Balaban J connectivity index is 1.81. The average molecular weight is 509 g/mol. The van der Waals surface area contributed by atoms with E-state index in [2.05, 4.69) is 10.3 Å². The van der Waals surface area contributed by atoms with Gasteiger partial charge in [-0.15, -0.1) is 0 Å². The predicted octanol–water partition coefficient (Wildman–Crippen LogP) is 3.66. The van der Waals surface area contributed by atoms with Crippen LogP contribution >= 0.6 is 0 Å². The number of amides is 1. The molecule has 0 aliphatic carbocycles. The predicted molar refractivity (Wildman–Crippen MR) is 129 cm³/mol. The molecule has 192 valence electrons. The molecule has 2 aromatic carbocycles. The van der Waals surface area contributed by atoms with Crippen molar-refractivity contribution in [3.05, 3.63) is 88.1 Å². The summed E-state index contributed by atoms with van der Waals surface area (Å²) in [6.07, 6.45) is -0.420. The number of nitro benzene ring substituents is 1. The van der Waals surface area contributed by atoms with Crippen LogP contribution in [0.25, 0.3) is 0 Å². The number of hydrogen-bond acceptors (Lipinski definition) is 10. The van der Waals surface area contributed by atoms with Crippen molar-refractivity contribution in [3.63, 3.8) is 0 Å². The number of anilines is 1. The van der Waals surface area contributed by atoms with Gasteiger partial charge < -0.3 is 24.3 Å². The van der Waals surface area contributed by atoms with Gasteiger partial charge in [-0.2, -0.15) is 0 Å². The van der Waals surface area contributed by atoms with Crippen LogP contribution in [0.2, 0.25) is 0 Å². The highest BCUT2D eigenvalue weighted by Crippen LogP contribution is 2.27. The Morgan fingerprint density at radius 1 is 1.05 bits per heavy atom. The molecule has 0 aliphatic heterocycles. The lowest BCUT2D eigenvalue weighted by Gasteiger charge is -2.17. The van der Waals surface area contributed by atoms with Crippen LogP contribution in [0, 0.1) is 10.1 Å². The Bertz CT molecular complexity index is 1260. The third kappa shape index (κ3) is 7.32. The largest absolute Gasteiger partial charge is 0.465 e. The summed E-state index contributed by atoms with van der Waals surface area (Å²) >= 11 is 0. The Kier molecular flexibility index (Phi) is 9.22. The first-order chi connectivity index (χ1) is 17.8. The van der Waals surface area contributed by atoms with Gasteiger partial charge in [0.2, 0.25) is 6.10 Å². The van der Waals surface area contributed by atoms with Gasteiger partial charge >= 0.3 is 11.9 Å². The van der Waals surface area contributed by atoms with E-state index in [1.165, 1.54) is 36.5 Å². The van der Waals surface area contributed by atoms with Crippen molar-refractivity contribution in [3.8, 4) is 11.5 Å². The summed E-state index contributed by atoms with van der Waals surface area (Å²) in [5.74, 6) is -2.52. The van der Waals surface area contributed by atoms with Crippen LogP contribution < -0.4 is 10.1 Å². The van der Waals surface area contributed by atoms with Crippen LogP contribution in [0.1, 0.15) is 22.8 Å². The third-order valence-corrected chi connectivity index (χ3v) is 4.79. The van der Waals surface area contributed by atoms with E-state index < -0.39 is 28.9 Å². The third-order valence-electron chi connectivity index (χ3n) is 4.79. The van der Waals surface area contributed by atoms with Crippen LogP contribution in [0.4, 0.5) is 11.5 Å². The van der Waals surface area contributed by atoms with Crippen LogP contribution in [0.15, 0.2) is 66.9 Å². The Morgan fingerprint density at radius 3 is 2.38 bits per heavy atom. The van der Waals surface area contributed by atoms with E-state index in [9.17, 15) is 24.5 Å². The number of methoxy groups -OCH3 is 1. The number of esters is 2. The first kappa shape index (κ1) is 26.8. The normalized spacial score (nSPS) is 11.2. The SMILES string of the molecule is CCOC(=O)C(OCc1ccccc1)C(=O)Nc1ncc(Oc2ccc([N+](=O)[O-])cc2)cc1C(=O)OC. The first-order valence-electron chi connectivity index (χ1n) is 11.0. The Labute approximate surface area is 211 Å². The summed E-state index contributed by atoms with van der Waals surface area (Å²) in [6.45, 7) is 1.57. The molecule has 3 aromatic rings. The van der Waals surface area contributed by atoms with Gasteiger partial charge in [-0.1, -0.05) is 30.3 Å². The Hall–Kier alpha value is -4.84. The lowest BCUT2D eigenvalue weighted by Crippen LogP contribution is -2.39. The van der Waals surface area contributed by atoms with Crippen LogP contribution in [-0.2, 0) is 30.4 Å². The number of aromatic nitrogens is 1. The fourth-order valence-electron chi connectivity index (χ4n) is 3.04. The topological polar surface area (TPSA) is 156 Å². The standard InChI is InChI=1S/C25H23N3O9/c1-3-35-25(31)21(36-15-16-7-5-4-6-8-16)23(29)27-22-20(24(30)34-2)13-19(14-26-22)37-18-11-9-17(10-12-18)28(32)33/h4-14,21H,3,15H2,1-2H3,(H,26,27,29). The molecule has 1 atom stereocenters. The summed E-state index contributed by atoms with van der Waals surface area (Å²) in [7, 11) is 1.14. The van der Waals surface area contributed by atoms with E-state index in [0.717, 1.165) is 12.7 Å². The second-order valence-corrected chi connectivity index (χ2v) is 7.33. The maximum atomic E-state index is 13.0.